The normalized spacial score (nSPS) is 14.7. The van der Waals surface area contributed by atoms with Crippen LogP contribution in [0.4, 0.5) is 9.18 Å². The van der Waals surface area contributed by atoms with Gasteiger partial charge in [-0.15, -0.1) is 0 Å². The molecule has 36 heavy (non-hydrogen) atoms. The monoisotopic (exact) mass is 509 g/mol. The maximum absolute atomic E-state index is 14.0. The minimum absolute atomic E-state index is 0.186. The molecule has 0 atom stereocenters. The summed E-state index contributed by atoms with van der Waals surface area (Å²) in [5.41, 5.74) is 2.61. The number of aromatic nitrogens is 2. The average Bonchev–Trinajstić information content (AvgIpc) is 3.29. The third kappa shape index (κ3) is 7.04. The first-order valence-corrected chi connectivity index (χ1v) is 16.4. The van der Waals surface area contributed by atoms with Crippen LogP contribution in [0, 0.1) is 5.82 Å². The topological polar surface area (TPSA) is 56.6 Å². The summed E-state index contributed by atoms with van der Waals surface area (Å²) in [5.74, 6) is 0.842. The van der Waals surface area contributed by atoms with E-state index < -0.39 is 8.07 Å². The van der Waals surface area contributed by atoms with E-state index in [1.54, 1.807) is 11.0 Å². The summed E-state index contributed by atoms with van der Waals surface area (Å²) < 4.78 is 27.6. The van der Waals surface area contributed by atoms with E-state index in [-0.39, 0.29) is 24.4 Å². The van der Waals surface area contributed by atoms with E-state index in [9.17, 15) is 9.18 Å². The predicted molar refractivity (Wildman–Crippen MR) is 142 cm³/mol. The van der Waals surface area contributed by atoms with Crippen molar-refractivity contribution in [1.29, 1.82) is 0 Å². The zero-order valence-electron chi connectivity index (χ0n) is 21.5. The van der Waals surface area contributed by atoms with E-state index in [0.29, 0.717) is 26.4 Å². The highest BCUT2D eigenvalue weighted by atomic mass is 28.3. The number of likely N-dealkylation sites (tertiary alicyclic amines) is 1. The van der Waals surface area contributed by atoms with Crippen molar-refractivity contribution in [3.8, 4) is 11.3 Å². The van der Waals surface area contributed by atoms with Crippen LogP contribution in [0.2, 0.25) is 25.7 Å². The Hall–Kier alpha value is -2.97. The standard InChI is InChI=1S/C28H36FN3O3Si/c1-36(2,3)17-16-34-21-32-26(24-10-7-11-25(29)18-24)19-30-27(32)23-12-14-31(15-13-23)28(33)35-20-22-8-5-4-6-9-22/h4-11,18-19,23H,12-17,20-21H2,1-3H3. The van der Waals surface area contributed by atoms with Crippen LogP contribution in [0.5, 0.6) is 0 Å². The van der Waals surface area contributed by atoms with E-state index in [1.807, 2.05) is 42.6 Å². The van der Waals surface area contributed by atoms with E-state index in [1.165, 1.54) is 12.1 Å². The molecule has 2 aromatic carbocycles. The lowest BCUT2D eigenvalue weighted by atomic mass is 9.96. The molecule has 0 N–H and O–H groups in total. The molecule has 0 aliphatic carbocycles. The third-order valence-corrected chi connectivity index (χ3v) is 8.25. The summed E-state index contributed by atoms with van der Waals surface area (Å²) in [6, 6.07) is 17.4. The van der Waals surface area contributed by atoms with Gasteiger partial charge in [-0.2, -0.15) is 0 Å². The number of hydrogen-bond acceptors (Lipinski definition) is 4. The quantitative estimate of drug-likeness (QED) is 0.243. The molecule has 1 aliphatic rings. The van der Waals surface area contributed by atoms with E-state index >= 15 is 0 Å². The molecule has 1 saturated heterocycles. The van der Waals surface area contributed by atoms with Gasteiger partial charge in [0.1, 0.15) is 25.0 Å². The lowest BCUT2D eigenvalue weighted by Gasteiger charge is -2.31. The van der Waals surface area contributed by atoms with Crippen LogP contribution >= 0.6 is 0 Å². The lowest BCUT2D eigenvalue weighted by molar-refractivity contribution is 0.0784. The van der Waals surface area contributed by atoms with Crippen molar-refractivity contribution < 1.29 is 18.7 Å². The van der Waals surface area contributed by atoms with Crippen molar-refractivity contribution in [2.75, 3.05) is 19.7 Å². The summed E-state index contributed by atoms with van der Waals surface area (Å²) in [7, 11) is -1.21. The number of imidazole rings is 1. The van der Waals surface area contributed by atoms with Crippen LogP contribution in [0.25, 0.3) is 11.3 Å². The molecular weight excluding hydrogens is 473 g/mol. The predicted octanol–water partition coefficient (Wildman–Crippen LogP) is 6.52. The Morgan fingerprint density at radius 3 is 2.53 bits per heavy atom. The molecule has 0 bridgehead atoms. The molecule has 192 valence electrons. The summed E-state index contributed by atoms with van der Waals surface area (Å²) in [5, 5.41) is 0. The number of benzene rings is 2. The fourth-order valence-electron chi connectivity index (χ4n) is 4.39. The van der Waals surface area contributed by atoms with Crippen LogP contribution in [0.15, 0.2) is 60.8 Å². The van der Waals surface area contributed by atoms with Crippen LogP contribution in [-0.2, 0) is 22.8 Å². The maximum atomic E-state index is 14.0. The van der Waals surface area contributed by atoms with Gasteiger partial charge in [0.05, 0.1) is 11.9 Å². The number of piperidine rings is 1. The zero-order valence-corrected chi connectivity index (χ0v) is 22.5. The Kier molecular flexibility index (Phi) is 8.58. The highest BCUT2D eigenvalue weighted by molar-refractivity contribution is 6.76. The second kappa shape index (κ2) is 11.8. The van der Waals surface area contributed by atoms with Crippen molar-refractivity contribution in [3.05, 3.63) is 78.0 Å². The Morgan fingerprint density at radius 2 is 1.83 bits per heavy atom. The van der Waals surface area contributed by atoms with Gasteiger partial charge in [0.15, 0.2) is 0 Å². The van der Waals surface area contributed by atoms with Crippen molar-refractivity contribution in [2.24, 2.45) is 0 Å². The number of carbonyl (C=O) groups excluding carboxylic acids is 1. The first-order chi connectivity index (χ1) is 17.3. The molecule has 6 nitrogen and oxygen atoms in total. The van der Waals surface area contributed by atoms with Crippen LogP contribution in [0.1, 0.15) is 30.1 Å². The minimum atomic E-state index is -1.21. The van der Waals surface area contributed by atoms with E-state index in [4.69, 9.17) is 14.5 Å². The van der Waals surface area contributed by atoms with Gasteiger partial charge in [-0.3, -0.25) is 0 Å². The van der Waals surface area contributed by atoms with Crippen LogP contribution in [0.3, 0.4) is 0 Å². The molecule has 1 amide bonds. The number of rotatable bonds is 9. The molecule has 3 aromatic rings. The summed E-state index contributed by atoms with van der Waals surface area (Å²) in [4.78, 5) is 19.1. The van der Waals surface area contributed by atoms with Crippen molar-refractivity contribution >= 4 is 14.2 Å². The number of amides is 1. The highest BCUT2D eigenvalue weighted by Gasteiger charge is 2.28. The average molecular weight is 510 g/mol. The number of ether oxygens (including phenoxy) is 2. The van der Waals surface area contributed by atoms with Gasteiger partial charge in [-0.25, -0.2) is 14.2 Å². The molecule has 4 rings (SSSR count). The highest BCUT2D eigenvalue weighted by Crippen LogP contribution is 2.31. The largest absolute Gasteiger partial charge is 0.445 e. The Morgan fingerprint density at radius 1 is 1.08 bits per heavy atom. The SMILES string of the molecule is C[Si](C)(C)CCOCn1c(-c2cccc(F)c2)cnc1C1CCN(C(=O)OCc2ccccc2)CC1. The van der Waals surface area contributed by atoms with Gasteiger partial charge in [0.25, 0.3) is 0 Å². The summed E-state index contributed by atoms with van der Waals surface area (Å²) in [6.07, 6.45) is 3.10. The molecule has 0 unspecified atom stereocenters. The first kappa shape index (κ1) is 26.1. The Balaban J connectivity index is 1.42. The van der Waals surface area contributed by atoms with Gasteiger partial charge >= 0.3 is 6.09 Å². The first-order valence-electron chi connectivity index (χ1n) is 12.6. The Labute approximate surface area is 214 Å². The second-order valence-electron chi connectivity index (χ2n) is 10.6. The van der Waals surface area contributed by atoms with Gasteiger partial charge in [-0.1, -0.05) is 62.1 Å². The van der Waals surface area contributed by atoms with Crippen molar-refractivity contribution in [3.63, 3.8) is 0 Å². The molecule has 1 aliphatic heterocycles. The fourth-order valence-corrected chi connectivity index (χ4v) is 5.15. The molecule has 0 spiro atoms. The van der Waals surface area contributed by atoms with Crippen molar-refractivity contribution in [2.45, 2.75) is 57.8 Å². The lowest BCUT2D eigenvalue weighted by Crippen LogP contribution is -2.38. The molecule has 0 saturated carbocycles. The molecule has 0 radical (unpaired) electrons. The van der Waals surface area contributed by atoms with Crippen LogP contribution < -0.4 is 0 Å². The number of nitrogens with zero attached hydrogens (tertiary/aromatic N) is 3. The third-order valence-electron chi connectivity index (χ3n) is 6.55. The molecule has 1 aromatic heterocycles. The Bertz CT molecular complexity index is 1140. The van der Waals surface area contributed by atoms with Crippen LogP contribution in [-0.4, -0.2) is 48.3 Å². The second-order valence-corrected chi connectivity index (χ2v) is 16.2. The fraction of sp³-hybridized carbons (Fsp3) is 0.429. The molecular formula is C28H36FN3O3Si. The van der Waals surface area contributed by atoms with Gasteiger partial charge in [0, 0.05) is 39.3 Å². The van der Waals surface area contributed by atoms with Gasteiger partial charge < -0.3 is 18.9 Å². The van der Waals surface area contributed by atoms with E-state index in [2.05, 4.69) is 24.2 Å². The van der Waals surface area contributed by atoms with Crippen molar-refractivity contribution in [1.82, 2.24) is 14.5 Å². The summed E-state index contributed by atoms with van der Waals surface area (Å²) in [6.45, 7) is 9.55. The number of halogens is 1. The van der Waals surface area contributed by atoms with Gasteiger partial charge in [-0.05, 0) is 36.6 Å². The molecule has 8 heteroatoms. The molecule has 1 fully saturated rings. The zero-order chi connectivity index (χ0) is 25.5. The van der Waals surface area contributed by atoms with Gasteiger partial charge in [0.2, 0.25) is 0 Å². The summed E-state index contributed by atoms with van der Waals surface area (Å²) >= 11 is 0. The maximum Gasteiger partial charge on any atom is 0.410 e. The van der Waals surface area contributed by atoms with E-state index in [0.717, 1.165) is 41.5 Å². The number of carbonyl (C=O) groups is 1. The number of hydrogen-bond donors (Lipinski definition) is 0. The molecule has 2 heterocycles. The smallest absolute Gasteiger partial charge is 0.410 e. The minimum Gasteiger partial charge on any atom is -0.445 e.